The molecule has 3 aromatic heterocycles. The third kappa shape index (κ3) is 5.32. The van der Waals surface area contributed by atoms with Gasteiger partial charge in [0.1, 0.15) is 11.6 Å². The molecule has 10 nitrogen and oxygen atoms in total. The molecule has 2 saturated heterocycles. The molecular weight excluding hydrogens is 471 g/mol. The van der Waals surface area contributed by atoms with Gasteiger partial charge < -0.3 is 9.80 Å². The van der Waals surface area contributed by atoms with Gasteiger partial charge >= 0.3 is 0 Å². The number of H-pyrrole nitrogens is 2. The number of aromatic nitrogens is 7. The molecule has 0 saturated carbocycles. The second-order valence-electron chi connectivity index (χ2n) is 10.7. The lowest BCUT2D eigenvalue weighted by molar-refractivity contribution is 0.243. The normalized spacial score (nSPS) is 20.1. The van der Waals surface area contributed by atoms with Crippen molar-refractivity contribution in [3.63, 3.8) is 0 Å². The van der Waals surface area contributed by atoms with E-state index in [1.165, 1.54) is 43.1 Å². The highest BCUT2D eigenvalue weighted by Crippen LogP contribution is 2.33. The van der Waals surface area contributed by atoms with Gasteiger partial charge in [-0.2, -0.15) is 15.2 Å². The molecule has 11 heteroatoms. The van der Waals surface area contributed by atoms with Gasteiger partial charge in [0.25, 0.3) is 0 Å². The van der Waals surface area contributed by atoms with Crippen LogP contribution in [0.2, 0.25) is 0 Å². The first-order chi connectivity index (χ1) is 18.1. The van der Waals surface area contributed by atoms with E-state index < -0.39 is 0 Å². The highest BCUT2D eigenvalue weighted by molar-refractivity contribution is 5.54. The third-order valence-corrected chi connectivity index (χ3v) is 8.14. The Morgan fingerprint density at radius 2 is 1.68 bits per heavy atom. The van der Waals surface area contributed by atoms with E-state index in [1.54, 1.807) is 0 Å². The molecule has 0 radical (unpaired) electrons. The van der Waals surface area contributed by atoms with Gasteiger partial charge in [0.15, 0.2) is 11.6 Å². The fourth-order valence-electron chi connectivity index (χ4n) is 6.03. The van der Waals surface area contributed by atoms with Gasteiger partial charge in [0.2, 0.25) is 5.95 Å². The molecule has 0 unspecified atom stereocenters. The van der Waals surface area contributed by atoms with Crippen LogP contribution < -0.4 is 9.80 Å². The fraction of sp³-hybridized carbons (Fsp3) is 0.654. The fourth-order valence-corrected chi connectivity index (χ4v) is 6.03. The first-order valence-electron chi connectivity index (χ1n) is 13.8. The molecule has 0 bridgehead atoms. The number of aromatic amines is 2. The molecule has 2 fully saturated rings. The van der Waals surface area contributed by atoms with Gasteiger partial charge in [-0.3, -0.25) is 15.1 Å². The molecule has 5 heterocycles. The molecule has 2 aliphatic heterocycles. The topological polar surface area (TPSA) is 106 Å². The summed E-state index contributed by atoms with van der Waals surface area (Å²) in [4.78, 5) is 22.0. The zero-order chi connectivity index (χ0) is 25.2. The minimum Gasteiger partial charge on any atom is -0.354 e. The maximum atomic E-state index is 14.1. The monoisotopic (exact) mass is 508 g/mol. The summed E-state index contributed by atoms with van der Waals surface area (Å²) < 4.78 is 14.1. The van der Waals surface area contributed by atoms with Crippen LogP contribution in [0, 0.1) is 12.7 Å². The van der Waals surface area contributed by atoms with Crippen LogP contribution in [0.15, 0.2) is 6.20 Å². The summed E-state index contributed by atoms with van der Waals surface area (Å²) in [6.45, 7) is 8.16. The Morgan fingerprint density at radius 3 is 2.38 bits per heavy atom. The average Bonchev–Trinajstić information content (AvgIpc) is 3.52. The Hall–Kier alpha value is -3.08. The summed E-state index contributed by atoms with van der Waals surface area (Å²) in [5, 5.41) is 14.0. The van der Waals surface area contributed by atoms with Crippen LogP contribution in [0.3, 0.4) is 0 Å². The highest BCUT2D eigenvalue weighted by atomic mass is 19.1. The molecule has 0 amide bonds. The van der Waals surface area contributed by atoms with Crippen LogP contribution in [0.25, 0.3) is 0 Å². The minimum atomic E-state index is -0.226. The summed E-state index contributed by atoms with van der Waals surface area (Å²) in [6.07, 6.45) is 10.0. The van der Waals surface area contributed by atoms with Crippen molar-refractivity contribution >= 4 is 11.8 Å². The van der Waals surface area contributed by atoms with Crippen LogP contribution in [-0.2, 0) is 19.4 Å². The van der Waals surface area contributed by atoms with E-state index in [1.807, 2.05) is 6.92 Å². The zero-order valence-corrected chi connectivity index (χ0v) is 21.7. The molecule has 0 spiro atoms. The predicted octanol–water partition coefficient (Wildman–Crippen LogP) is 3.13. The highest BCUT2D eigenvalue weighted by Gasteiger charge is 2.29. The Labute approximate surface area is 217 Å². The Bertz CT molecular complexity index is 1190. The molecular formula is C26H37FN10. The lowest BCUT2D eigenvalue weighted by Gasteiger charge is -2.37. The molecule has 3 aliphatic rings. The summed E-state index contributed by atoms with van der Waals surface area (Å²) in [6, 6.07) is 0. The van der Waals surface area contributed by atoms with E-state index in [2.05, 4.69) is 40.1 Å². The van der Waals surface area contributed by atoms with Gasteiger partial charge in [-0.25, -0.2) is 14.4 Å². The van der Waals surface area contributed by atoms with Gasteiger partial charge in [-0.05, 0) is 45.4 Å². The van der Waals surface area contributed by atoms with Crippen LogP contribution in [0.4, 0.5) is 16.2 Å². The lowest BCUT2D eigenvalue weighted by atomic mass is 9.93. The number of hydrogen-bond donors (Lipinski definition) is 2. The SMILES string of the molecule is Cc1nc(CN2CCN(c3nc(N4CCC(c5[nH]ncc5F)CC4)nc4c3CCCCCC4)CC2)n[nH]1. The molecule has 3 aromatic rings. The van der Waals surface area contributed by atoms with Crippen molar-refractivity contribution in [2.24, 2.45) is 0 Å². The summed E-state index contributed by atoms with van der Waals surface area (Å²) in [5.74, 6) is 3.64. The average molecular weight is 509 g/mol. The smallest absolute Gasteiger partial charge is 0.227 e. The lowest BCUT2D eigenvalue weighted by Crippen LogP contribution is -2.47. The van der Waals surface area contributed by atoms with Crippen LogP contribution in [-0.4, -0.2) is 79.5 Å². The number of piperidine rings is 1. The predicted molar refractivity (Wildman–Crippen MR) is 139 cm³/mol. The third-order valence-electron chi connectivity index (χ3n) is 8.14. The number of anilines is 2. The van der Waals surface area contributed by atoms with E-state index in [0.717, 1.165) is 94.9 Å². The largest absolute Gasteiger partial charge is 0.354 e. The summed E-state index contributed by atoms with van der Waals surface area (Å²) >= 11 is 0. The first-order valence-corrected chi connectivity index (χ1v) is 13.8. The summed E-state index contributed by atoms with van der Waals surface area (Å²) in [7, 11) is 0. The van der Waals surface area contributed by atoms with Crippen molar-refractivity contribution in [1.29, 1.82) is 0 Å². The molecule has 1 aliphatic carbocycles. The van der Waals surface area contributed by atoms with Crippen LogP contribution in [0.1, 0.15) is 73.0 Å². The number of nitrogens with zero attached hydrogens (tertiary/aromatic N) is 8. The van der Waals surface area contributed by atoms with Crippen molar-refractivity contribution in [3.8, 4) is 0 Å². The Kier molecular flexibility index (Phi) is 7.04. The first kappa shape index (κ1) is 24.3. The van der Waals surface area contributed by atoms with Crippen molar-refractivity contribution in [1.82, 2.24) is 40.2 Å². The van der Waals surface area contributed by atoms with Crippen LogP contribution in [0.5, 0.6) is 0 Å². The van der Waals surface area contributed by atoms with Gasteiger partial charge in [0, 0.05) is 50.7 Å². The van der Waals surface area contributed by atoms with Gasteiger partial charge in [-0.1, -0.05) is 12.8 Å². The summed E-state index contributed by atoms with van der Waals surface area (Å²) in [5.41, 5.74) is 3.23. The molecule has 0 aromatic carbocycles. The number of fused-ring (bicyclic) bond motifs is 1. The molecule has 198 valence electrons. The van der Waals surface area contributed by atoms with Crippen molar-refractivity contribution in [3.05, 3.63) is 40.6 Å². The molecule has 6 rings (SSSR count). The van der Waals surface area contributed by atoms with Gasteiger partial charge in [0.05, 0.1) is 24.1 Å². The van der Waals surface area contributed by atoms with Gasteiger partial charge in [-0.15, -0.1) is 0 Å². The minimum absolute atomic E-state index is 0.170. The molecule has 0 atom stereocenters. The van der Waals surface area contributed by atoms with E-state index >= 15 is 0 Å². The van der Waals surface area contributed by atoms with E-state index in [0.29, 0.717) is 5.69 Å². The number of nitrogens with one attached hydrogen (secondary N) is 2. The van der Waals surface area contributed by atoms with Crippen molar-refractivity contribution < 1.29 is 4.39 Å². The zero-order valence-electron chi connectivity index (χ0n) is 21.7. The Balaban J connectivity index is 1.19. The maximum Gasteiger partial charge on any atom is 0.227 e. The quantitative estimate of drug-likeness (QED) is 0.542. The second-order valence-corrected chi connectivity index (χ2v) is 10.7. The van der Waals surface area contributed by atoms with Crippen LogP contribution >= 0.6 is 0 Å². The van der Waals surface area contributed by atoms with E-state index in [-0.39, 0.29) is 11.7 Å². The molecule has 37 heavy (non-hydrogen) atoms. The number of rotatable bonds is 5. The number of aryl methyl sites for hydroxylation is 2. The second kappa shape index (κ2) is 10.7. The standard InChI is InChI=1S/C26H37FN10/c1-18-29-23(33-32-18)17-35-12-14-36(15-13-35)25-20-6-4-2-3-5-7-22(20)30-26(31-25)37-10-8-19(9-11-37)24-21(27)16-28-34-24/h16,19H,2-15,17H2,1H3,(H,28,34)(H,29,32,33). The van der Waals surface area contributed by atoms with E-state index in [4.69, 9.17) is 9.97 Å². The number of piperazine rings is 1. The Morgan fingerprint density at radius 1 is 0.892 bits per heavy atom. The van der Waals surface area contributed by atoms with Crippen molar-refractivity contribution in [2.75, 3.05) is 49.1 Å². The van der Waals surface area contributed by atoms with E-state index in [9.17, 15) is 4.39 Å². The van der Waals surface area contributed by atoms with Crippen molar-refractivity contribution in [2.45, 2.75) is 70.8 Å². The maximum absolute atomic E-state index is 14.1. The number of halogens is 1. The number of hydrogen-bond acceptors (Lipinski definition) is 8. The molecule has 2 N–H and O–H groups in total.